The van der Waals surface area contributed by atoms with Crippen molar-refractivity contribution in [3.63, 3.8) is 0 Å². The Bertz CT molecular complexity index is 1070. The van der Waals surface area contributed by atoms with Gasteiger partial charge < -0.3 is 9.88 Å². The molecule has 2 aromatic heterocycles. The van der Waals surface area contributed by atoms with Crippen LogP contribution in [0.3, 0.4) is 0 Å². The molecule has 1 aromatic carbocycles. The van der Waals surface area contributed by atoms with Crippen LogP contribution in [-0.4, -0.2) is 54.7 Å². The van der Waals surface area contributed by atoms with Crippen molar-refractivity contribution < 1.29 is 13.2 Å². The molecule has 0 unspecified atom stereocenters. The standard InChI is InChI=1S/C17H16ClN3O3S2/c18-15-5-6-16(25-15)26(23,24)21-9-7-20(8-10-21)17(22)13-11-19-14-4-2-1-3-12(13)14/h1-6,11,19H,7-10H2. The summed E-state index contributed by atoms with van der Waals surface area (Å²) in [5.74, 6) is -0.0846. The summed E-state index contributed by atoms with van der Waals surface area (Å²) in [6.45, 7) is 1.26. The number of fused-ring (bicyclic) bond motifs is 1. The number of carbonyl (C=O) groups excluding carboxylic acids is 1. The van der Waals surface area contributed by atoms with Crippen molar-refractivity contribution in [3.05, 3.63) is 52.5 Å². The minimum absolute atomic E-state index is 0.0846. The Labute approximate surface area is 160 Å². The topological polar surface area (TPSA) is 73.5 Å². The Balaban J connectivity index is 1.49. The van der Waals surface area contributed by atoms with Gasteiger partial charge >= 0.3 is 0 Å². The fourth-order valence-corrected chi connectivity index (χ4v) is 6.17. The molecule has 136 valence electrons. The zero-order valence-corrected chi connectivity index (χ0v) is 16.1. The summed E-state index contributed by atoms with van der Waals surface area (Å²) in [6.07, 6.45) is 1.71. The van der Waals surface area contributed by atoms with Crippen LogP contribution in [0.4, 0.5) is 0 Å². The third kappa shape index (κ3) is 3.03. The van der Waals surface area contributed by atoms with Crippen LogP contribution in [-0.2, 0) is 10.0 Å². The SMILES string of the molecule is O=C(c1c[nH]c2ccccc12)N1CCN(S(=O)(=O)c2ccc(Cl)s2)CC1. The van der Waals surface area contributed by atoms with E-state index in [-0.39, 0.29) is 23.2 Å². The Morgan fingerprint density at radius 2 is 1.81 bits per heavy atom. The first-order valence-electron chi connectivity index (χ1n) is 8.08. The highest BCUT2D eigenvalue weighted by atomic mass is 35.5. The van der Waals surface area contributed by atoms with Gasteiger partial charge in [-0.1, -0.05) is 29.8 Å². The molecule has 6 nitrogen and oxygen atoms in total. The van der Waals surface area contributed by atoms with Crippen molar-refractivity contribution in [3.8, 4) is 0 Å². The van der Waals surface area contributed by atoms with E-state index in [1.807, 2.05) is 24.3 Å². The highest BCUT2D eigenvalue weighted by molar-refractivity contribution is 7.91. The van der Waals surface area contributed by atoms with Gasteiger partial charge in [-0.25, -0.2) is 8.42 Å². The molecule has 1 fully saturated rings. The molecule has 1 N–H and O–H groups in total. The van der Waals surface area contributed by atoms with Crippen molar-refractivity contribution in [1.82, 2.24) is 14.2 Å². The molecule has 3 aromatic rings. The van der Waals surface area contributed by atoms with Gasteiger partial charge in [-0.3, -0.25) is 4.79 Å². The largest absolute Gasteiger partial charge is 0.360 e. The predicted octanol–water partition coefficient (Wildman–Crippen LogP) is 3.03. The number of sulfonamides is 1. The van der Waals surface area contributed by atoms with Gasteiger partial charge in [-0.2, -0.15) is 4.31 Å². The van der Waals surface area contributed by atoms with Crippen LogP contribution in [0.25, 0.3) is 10.9 Å². The summed E-state index contributed by atoms with van der Waals surface area (Å²) in [7, 11) is -3.56. The molecule has 0 radical (unpaired) electrons. The number of benzene rings is 1. The van der Waals surface area contributed by atoms with Gasteiger partial charge in [0, 0.05) is 43.3 Å². The lowest BCUT2D eigenvalue weighted by Crippen LogP contribution is -2.50. The second-order valence-electron chi connectivity index (χ2n) is 6.00. The number of hydrogen-bond acceptors (Lipinski definition) is 4. The molecule has 3 heterocycles. The van der Waals surface area contributed by atoms with Gasteiger partial charge in [0.2, 0.25) is 0 Å². The van der Waals surface area contributed by atoms with Gasteiger partial charge in [-0.05, 0) is 18.2 Å². The number of carbonyl (C=O) groups is 1. The molecule has 9 heteroatoms. The highest BCUT2D eigenvalue weighted by Crippen LogP contribution is 2.29. The fraction of sp³-hybridized carbons (Fsp3) is 0.235. The van der Waals surface area contributed by atoms with Crippen LogP contribution < -0.4 is 0 Å². The molecule has 1 aliphatic rings. The maximum absolute atomic E-state index is 12.8. The molecule has 1 saturated heterocycles. The first-order valence-corrected chi connectivity index (χ1v) is 10.7. The number of rotatable bonds is 3. The Morgan fingerprint density at radius 1 is 1.08 bits per heavy atom. The van der Waals surface area contributed by atoms with Gasteiger partial charge in [0.15, 0.2) is 0 Å². The molecule has 0 atom stereocenters. The van der Waals surface area contributed by atoms with Crippen molar-refractivity contribution in [2.75, 3.05) is 26.2 Å². The smallest absolute Gasteiger partial charge is 0.256 e. The molecule has 0 spiro atoms. The number of aromatic amines is 1. The number of aromatic nitrogens is 1. The van der Waals surface area contributed by atoms with E-state index < -0.39 is 10.0 Å². The lowest BCUT2D eigenvalue weighted by Gasteiger charge is -2.33. The second-order valence-corrected chi connectivity index (χ2v) is 9.88. The van der Waals surface area contributed by atoms with Crippen molar-refractivity contribution in [1.29, 1.82) is 0 Å². The second kappa shape index (κ2) is 6.70. The van der Waals surface area contributed by atoms with Crippen LogP contribution in [0, 0.1) is 0 Å². The number of thiophene rings is 1. The van der Waals surface area contributed by atoms with Gasteiger partial charge in [0.05, 0.1) is 9.90 Å². The quantitative estimate of drug-likeness (QED) is 0.722. The summed E-state index contributed by atoms with van der Waals surface area (Å²) in [5, 5.41) is 0.876. The number of H-pyrrole nitrogens is 1. The molecule has 0 bridgehead atoms. The number of piperazine rings is 1. The van der Waals surface area contributed by atoms with Crippen LogP contribution in [0.1, 0.15) is 10.4 Å². The minimum Gasteiger partial charge on any atom is -0.360 e. The van der Waals surface area contributed by atoms with E-state index in [0.29, 0.717) is 23.0 Å². The van der Waals surface area contributed by atoms with Crippen molar-refractivity contribution >= 4 is 49.8 Å². The van der Waals surface area contributed by atoms with Crippen LogP contribution in [0.15, 0.2) is 46.8 Å². The number of halogens is 1. The fourth-order valence-electron chi connectivity index (χ4n) is 3.11. The van der Waals surface area contributed by atoms with Crippen LogP contribution >= 0.6 is 22.9 Å². The molecule has 0 aliphatic carbocycles. The van der Waals surface area contributed by atoms with E-state index >= 15 is 0 Å². The van der Waals surface area contributed by atoms with E-state index in [4.69, 9.17) is 11.6 Å². The Morgan fingerprint density at radius 3 is 2.50 bits per heavy atom. The zero-order valence-electron chi connectivity index (χ0n) is 13.7. The maximum Gasteiger partial charge on any atom is 0.256 e. The number of para-hydroxylation sites is 1. The molecule has 4 rings (SSSR count). The molecule has 1 aliphatic heterocycles. The van der Waals surface area contributed by atoms with Crippen molar-refractivity contribution in [2.24, 2.45) is 0 Å². The first-order chi connectivity index (χ1) is 12.5. The minimum atomic E-state index is -3.56. The monoisotopic (exact) mass is 409 g/mol. The number of hydrogen-bond donors (Lipinski definition) is 1. The van der Waals surface area contributed by atoms with Gasteiger partial charge in [0.1, 0.15) is 4.21 Å². The summed E-state index contributed by atoms with van der Waals surface area (Å²) >= 11 is 6.90. The summed E-state index contributed by atoms with van der Waals surface area (Å²) in [6, 6.07) is 10.7. The van der Waals surface area contributed by atoms with Gasteiger partial charge in [-0.15, -0.1) is 11.3 Å². The van der Waals surface area contributed by atoms with E-state index in [9.17, 15) is 13.2 Å². The molecular weight excluding hydrogens is 394 g/mol. The number of amides is 1. The van der Waals surface area contributed by atoms with Crippen LogP contribution in [0.2, 0.25) is 4.34 Å². The normalized spacial score (nSPS) is 16.3. The third-order valence-corrected chi connectivity index (χ3v) is 8.09. The summed E-state index contributed by atoms with van der Waals surface area (Å²) in [5.41, 5.74) is 1.52. The van der Waals surface area contributed by atoms with Gasteiger partial charge in [0.25, 0.3) is 15.9 Å². The molecule has 1 amide bonds. The predicted molar refractivity (Wildman–Crippen MR) is 102 cm³/mol. The number of nitrogens with zero attached hydrogens (tertiary/aromatic N) is 2. The maximum atomic E-state index is 12.8. The Kier molecular flexibility index (Phi) is 4.52. The van der Waals surface area contributed by atoms with E-state index in [1.165, 1.54) is 10.4 Å². The molecular formula is C17H16ClN3O3S2. The summed E-state index contributed by atoms with van der Waals surface area (Å²) in [4.78, 5) is 17.6. The lowest BCUT2D eigenvalue weighted by atomic mass is 10.1. The first kappa shape index (κ1) is 17.5. The van der Waals surface area contributed by atoms with E-state index in [0.717, 1.165) is 22.2 Å². The lowest BCUT2D eigenvalue weighted by molar-refractivity contribution is 0.0700. The Hall–Kier alpha value is -1.87. The van der Waals surface area contributed by atoms with Crippen LogP contribution in [0.5, 0.6) is 0 Å². The average molecular weight is 410 g/mol. The van der Waals surface area contributed by atoms with E-state index in [2.05, 4.69) is 4.98 Å². The average Bonchev–Trinajstić information content (AvgIpc) is 3.28. The summed E-state index contributed by atoms with van der Waals surface area (Å²) < 4.78 is 27.4. The number of nitrogens with one attached hydrogen (secondary N) is 1. The molecule has 26 heavy (non-hydrogen) atoms. The molecule has 0 saturated carbocycles. The van der Waals surface area contributed by atoms with Crippen molar-refractivity contribution in [2.45, 2.75) is 4.21 Å². The highest BCUT2D eigenvalue weighted by Gasteiger charge is 2.31. The zero-order chi connectivity index (χ0) is 18.3. The third-order valence-electron chi connectivity index (χ3n) is 4.49. The van der Waals surface area contributed by atoms with E-state index in [1.54, 1.807) is 17.2 Å².